The number of hydrogen-bond donors (Lipinski definition) is 3. The average molecular weight is 413 g/mol. The monoisotopic (exact) mass is 412 g/mol. The number of hydrogen-bond acceptors (Lipinski definition) is 4. The Morgan fingerprint density at radius 3 is 2.57 bits per heavy atom. The number of phenols is 1. The van der Waals surface area contributed by atoms with Crippen molar-refractivity contribution in [2.75, 3.05) is 33.3 Å². The SMILES string of the molecule is CCNC(=NCCCNC(=O)c1cccc(O)c1)N(C)Cc1ccc(OCC)cc1. The molecule has 0 aromatic heterocycles. The third kappa shape index (κ3) is 7.66. The topological polar surface area (TPSA) is 86.2 Å². The van der Waals surface area contributed by atoms with E-state index >= 15 is 0 Å². The highest BCUT2D eigenvalue weighted by Crippen LogP contribution is 2.13. The molecule has 0 heterocycles. The number of nitrogens with zero attached hydrogens (tertiary/aromatic N) is 2. The van der Waals surface area contributed by atoms with Gasteiger partial charge in [0.15, 0.2) is 5.96 Å². The zero-order chi connectivity index (χ0) is 21.8. The molecule has 0 saturated heterocycles. The molecule has 0 bridgehead atoms. The highest BCUT2D eigenvalue weighted by atomic mass is 16.5. The van der Waals surface area contributed by atoms with Crippen LogP contribution in [0.2, 0.25) is 0 Å². The van der Waals surface area contributed by atoms with Crippen LogP contribution < -0.4 is 15.4 Å². The van der Waals surface area contributed by atoms with E-state index in [2.05, 4.69) is 32.7 Å². The van der Waals surface area contributed by atoms with Crippen molar-refractivity contribution in [1.29, 1.82) is 0 Å². The summed E-state index contributed by atoms with van der Waals surface area (Å²) in [6.45, 7) is 7.28. The molecule has 0 atom stereocenters. The minimum Gasteiger partial charge on any atom is -0.508 e. The normalized spacial score (nSPS) is 11.1. The van der Waals surface area contributed by atoms with Crippen molar-refractivity contribution < 1.29 is 14.6 Å². The Labute approximate surface area is 178 Å². The summed E-state index contributed by atoms with van der Waals surface area (Å²) in [5.41, 5.74) is 1.62. The maximum Gasteiger partial charge on any atom is 0.251 e. The molecule has 30 heavy (non-hydrogen) atoms. The molecule has 0 saturated carbocycles. The number of ether oxygens (including phenoxy) is 1. The van der Waals surface area contributed by atoms with Gasteiger partial charge in [0.2, 0.25) is 0 Å². The van der Waals surface area contributed by atoms with Gasteiger partial charge in [-0.1, -0.05) is 18.2 Å². The summed E-state index contributed by atoms with van der Waals surface area (Å²) >= 11 is 0. The molecular weight excluding hydrogens is 380 g/mol. The van der Waals surface area contributed by atoms with Crippen molar-refractivity contribution in [3.63, 3.8) is 0 Å². The number of benzene rings is 2. The van der Waals surface area contributed by atoms with Gasteiger partial charge in [0.25, 0.3) is 5.91 Å². The van der Waals surface area contributed by atoms with E-state index in [4.69, 9.17) is 4.74 Å². The molecule has 0 radical (unpaired) electrons. The third-order valence-electron chi connectivity index (χ3n) is 4.34. The summed E-state index contributed by atoms with van der Waals surface area (Å²) in [5.74, 6) is 1.58. The number of amides is 1. The first kappa shape index (κ1) is 23.1. The quantitative estimate of drug-likeness (QED) is 0.317. The van der Waals surface area contributed by atoms with E-state index in [-0.39, 0.29) is 11.7 Å². The minimum absolute atomic E-state index is 0.0816. The molecule has 0 aliphatic rings. The molecule has 2 aromatic rings. The number of rotatable bonds is 10. The molecule has 7 heteroatoms. The Morgan fingerprint density at radius 2 is 1.90 bits per heavy atom. The van der Waals surface area contributed by atoms with Crippen LogP contribution in [0.3, 0.4) is 0 Å². The van der Waals surface area contributed by atoms with Gasteiger partial charge in [-0.25, -0.2) is 0 Å². The first-order valence-electron chi connectivity index (χ1n) is 10.3. The van der Waals surface area contributed by atoms with Crippen LogP contribution in [0.4, 0.5) is 0 Å². The molecule has 0 aliphatic carbocycles. The molecule has 2 rings (SSSR count). The fraction of sp³-hybridized carbons (Fsp3) is 0.391. The molecule has 1 amide bonds. The number of aliphatic imine (C=N–C) groups is 1. The Morgan fingerprint density at radius 1 is 1.13 bits per heavy atom. The van der Waals surface area contributed by atoms with Gasteiger partial charge in [0, 0.05) is 38.8 Å². The van der Waals surface area contributed by atoms with Crippen molar-refractivity contribution in [3.8, 4) is 11.5 Å². The minimum atomic E-state index is -0.200. The molecule has 7 nitrogen and oxygen atoms in total. The first-order chi connectivity index (χ1) is 14.5. The Hall–Kier alpha value is -3.22. The second-order valence-electron chi connectivity index (χ2n) is 6.83. The zero-order valence-electron chi connectivity index (χ0n) is 18.0. The molecular formula is C23H32N4O3. The lowest BCUT2D eigenvalue weighted by atomic mass is 10.2. The third-order valence-corrected chi connectivity index (χ3v) is 4.34. The van der Waals surface area contributed by atoms with Gasteiger partial charge in [-0.15, -0.1) is 0 Å². The summed E-state index contributed by atoms with van der Waals surface area (Å²) in [6, 6.07) is 14.4. The molecule has 2 aromatic carbocycles. The van der Waals surface area contributed by atoms with Gasteiger partial charge in [-0.2, -0.15) is 0 Å². The van der Waals surface area contributed by atoms with Crippen molar-refractivity contribution in [3.05, 3.63) is 59.7 Å². The van der Waals surface area contributed by atoms with E-state index in [0.29, 0.717) is 25.3 Å². The standard InChI is InChI=1S/C23H32N4O3/c1-4-24-23(27(3)17-18-10-12-21(13-11-18)30-5-2)26-15-7-14-25-22(29)19-8-6-9-20(28)16-19/h6,8-13,16,28H,4-5,7,14-15,17H2,1-3H3,(H,24,26)(H,25,29). The van der Waals surface area contributed by atoms with Crippen LogP contribution in [0.1, 0.15) is 36.2 Å². The van der Waals surface area contributed by atoms with E-state index in [9.17, 15) is 9.90 Å². The number of guanidine groups is 1. The molecule has 0 fully saturated rings. The summed E-state index contributed by atoms with van der Waals surface area (Å²) < 4.78 is 5.49. The van der Waals surface area contributed by atoms with E-state index in [1.54, 1.807) is 12.1 Å². The maximum atomic E-state index is 12.1. The number of carbonyl (C=O) groups excluding carboxylic acids is 1. The second-order valence-corrected chi connectivity index (χ2v) is 6.83. The number of phenolic OH excluding ortho intramolecular Hbond substituents is 1. The van der Waals surface area contributed by atoms with Crippen LogP contribution in [-0.4, -0.2) is 55.2 Å². The van der Waals surface area contributed by atoms with Crippen LogP contribution in [-0.2, 0) is 6.54 Å². The number of aromatic hydroxyl groups is 1. The van der Waals surface area contributed by atoms with Crippen molar-refractivity contribution >= 4 is 11.9 Å². The molecule has 0 aliphatic heterocycles. The Bertz CT molecular complexity index is 821. The van der Waals surface area contributed by atoms with Gasteiger partial charge >= 0.3 is 0 Å². The largest absolute Gasteiger partial charge is 0.508 e. The van der Waals surface area contributed by atoms with Crippen LogP contribution >= 0.6 is 0 Å². The Kier molecular flexibility index (Phi) is 9.51. The lowest BCUT2D eigenvalue weighted by Crippen LogP contribution is -2.38. The average Bonchev–Trinajstić information content (AvgIpc) is 2.74. The first-order valence-corrected chi connectivity index (χ1v) is 10.3. The van der Waals surface area contributed by atoms with Gasteiger partial charge in [-0.05, 0) is 56.2 Å². The van der Waals surface area contributed by atoms with Crippen LogP contribution in [0, 0.1) is 0 Å². The van der Waals surface area contributed by atoms with Gasteiger partial charge in [-0.3, -0.25) is 9.79 Å². The Balaban J connectivity index is 1.81. The van der Waals surface area contributed by atoms with Crippen molar-refractivity contribution in [2.45, 2.75) is 26.8 Å². The van der Waals surface area contributed by atoms with Crippen LogP contribution in [0.5, 0.6) is 11.5 Å². The molecule has 162 valence electrons. The van der Waals surface area contributed by atoms with Crippen LogP contribution in [0.25, 0.3) is 0 Å². The lowest BCUT2D eigenvalue weighted by molar-refractivity contribution is 0.0953. The van der Waals surface area contributed by atoms with E-state index in [0.717, 1.165) is 31.2 Å². The van der Waals surface area contributed by atoms with E-state index in [1.807, 2.05) is 33.0 Å². The molecule has 3 N–H and O–H groups in total. The number of nitrogens with one attached hydrogen (secondary N) is 2. The van der Waals surface area contributed by atoms with E-state index < -0.39 is 0 Å². The molecule has 0 spiro atoms. The van der Waals surface area contributed by atoms with Crippen molar-refractivity contribution in [1.82, 2.24) is 15.5 Å². The fourth-order valence-electron chi connectivity index (χ4n) is 2.89. The maximum absolute atomic E-state index is 12.1. The molecule has 0 unspecified atom stereocenters. The fourth-order valence-corrected chi connectivity index (χ4v) is 2.89. The van der Waals surface area contributed by atoms with Crippen molar-refractivity contribution in [2.24, 2.45) is 4.99 Å². The predicted molar refractivity (Wildman–Crippen MR) is 120 cm³/mol. The summed E-state index contributed by atoms with van der Waals surface area (Å²) in [5, 5.41) is 15.6. The smallest absolute Gasteiger partial charge is 0.251 e. The van der Waals surface area contributed by atoms with Gasteiger partial charge < -0.3 is 25.4 Å². The van der Waals surface area contributed by atoms with Gasteiger partial charge in [0.05, 0.1) is 6.61 Å². The lowest BCUT2D eigenvalue weighted by Gasteiger charge is -2.22. The summed E-state index contributed by atoms with van der Waals surface area (Å²) in [4.78, 5) is 18.8. The van der Waals surface area contributed by atoms with Gasteiger partial charge in [0.1, 0.15) is 11.5 Å². The predicted octanol–water partition coefficient (Wildman–Crippen LogP) is 3.01. The van der Waals surface area contributed by atoms with Crippen LogP contribution in [0.15, 0.2) is 53.5 Å². The second kappa shape index (κ2) is 12.4. The summed E-state index contributed by atoms with van der Waals surface area (Å²) in [6.07, 6.45) is 0.719. The summed E-state index contributed by atoms with van der Waals surface area (Å²) in [7, 11) is 2.00. The highest BCUT2D eigenvalue weighted by molar-refractivity contribution is 5.94. The number of carbonyl (C=O) groups is 1. The highest BCUT2D eigenvalue weighted by Gasteiger charge is 2.08. The zero-order valence-corrected chi connectivity index (χ0v) is 18.0. The van der Waals surface area contributed by atoms with E-state index in [1.165, 1.54) is 17.7 Å².